The Hall–Kier alpha value is -3.28. The van der Waals surface area contributed by atoms with Gasteiger partial charge in [-0.25, -0.2) is 9.48 Å². The molecule has 5 rings (SSSR count). The highest BCUT2D eigenvalue weighted by Gasteiger charge is 2.28. The van der Waals surface area contributed by atoms with Crippen LogP contribution in [0, 0.1) is 0 Å². The number of nitrogens with zero attached hydrogens (tertiary/aromatic N) is 2. The lowest BCUT2D eigenvalue weighted by molar-refractivity contribution is 0.262. The van der Waals surface area contributed by atoms with Crippen LogP contribution in [0.1, 0.15) is 24.4 Å². The second-order valence-corrected chi connectivity index (χ2v) is 6.92. The fraction of sp³-hybridized carbons (Fsp3) is 0.238. The predicted molar refractivity (Wildman–Crippen MR) is 104 cm³/mol. The zero-order valence-electron chi connectivity index (χ0n) is 14.8. The summed E-state index contributed by atoms with van der Waals surface area (Å²) in [4.78, 5) is 12.6. The van der Waals surface area contributed by atoms with E-state index in [-0.39, 0.29) is 6.03 Å². The number of amides is 2. The molecule has 0 radical (unpaired) electrons. The molecule has 0 unspecified atom stereocenters. The number of fused-ring (bicyclic) bond motifs is 1. The number of urea groups is 1. The van der Waals surface area contributed by atoms with Crippen molar-refractivity contribution in [3.63, 3.8) is 0 Å². The summed E-state index contributed by atoms with van der Waals surface area (Å²) in [6, 6.07) is 17.8. The average molecular weight is 360 g/mol. The Morgan fingerprint density at radius 1 is 1.07 bits per heavy atom. The summed E-state index contributed by atoms with van der Waals surface area (Å²) in [5.74, 6) is 1.57. The van der Waals surface area contributed by atoms with Gasteiger partial charge in [0, 0.05) is 29.3 Å². The van der Waals surface area contributed by atoms with Crippen molar-refractivity contribution in [3.05, 3.63) is 60.2 Å². The number of hydrogen-bond acceptors (Lipinski definition) is 3. The second kappa shape index (κ2) is 6.46. The van der Waals surface area contributed by atoms with E-state index >= 15 is 0 Å². The Labute approximate surface area is 157 Å². The smallest absolute Gasteiger partial charge is 0.324 e. The van der Waals surface area contributed by atoms with Crippen molar-refractivity contribution >= 4 is 17.5 Å². The van der Waals surface area contributed by atoms with Gasteiger partial charge >= 0.3 is 6.03 Å². The van der Waals surface area contributed by atoms with E-state index in [0.29, 0.717) is 12.6 Å². The van der Waals surface area contributed by atoms with E-state index in [1.54, 1.807) is 0 Å². The predicted octanol–water partition coefficient (Wildman–Crippen LogP) is 4.46. The molecule has 2 aromatic carbocycles. The molecule has 0 atom stereocenters. The lowest BCUT2D eigenvalue weighted by atomic mass is 10.1. The Bertz CT molecular complexity index is 993. The third-order valence-electron chi connectivity index (χ3n) is 4.93. The number of nitrogens with one attached hydrogen (secondary N) is 2. The summed E-state index contributed by atoms with van der Waals surface area (Å²) in [6.07, 6.45) is 3.00. The molecule has 2 amide bonds. The van der Waals surface area contributed by atoms with Crippen LogP contribution in [0.5, 0.6) is 5.75 Å². The Balaban J connectivity index is 1.38. The number of benzene rings is 2. The van der Waals surface area contributed by atoms with E-state index in [9.17, 15) is 4.79 Å². The van der Waals surface area contributed by atoms with Crippen LogP contribution < -0.4 is 15.4 Å². The van der Waals surface area contributed by atoms with Crippen molar-refractivity contribution in [2.24, 2.45) is 0 Å². The monoisotopic (exact) mass is 360 g/mol. The highest BCUT2D eigenvalue weighted by atomic mass is 16.5. The van der Waals surface area contributed by atoms with Gasteiger partial charge in [0.1, 0.15) is 11.6 Å². The third kappa shape index (κ3) is 3.14. The molecule has 1 aliphatic heterocycles. The van der Waals surface area contributed by atoms with E-state index in [0.717, 1.165) is 53.3 Å². The standard InChI is InChI=1S/C21H20N4O2/c26-21(22-17-7-4-8-19-16(17)11-12-27-19)23-20-13-18(14-5-2-1-3-6-14)24-25(20)15-9-10-15/h1-8,13,15H,9-12H2,(H2,22,23,26). The fourth-order valence-electron chi connectivity index (χ4n) is 3.44. The number of carbonyl (C=O) groups excluding carboxylic acids is 1. The van der Waals surface area contributed by atoms with Gasteiger partial charge in [0.15, 0.2) is 0 Å². The molecule has 1 saturated carbocycles. The summed E-state index contributed by atoms with van der Waals surface area (Å²) < 4.78 is 7.50. The topological polar surface area (TPSA) is 68.2 Å². The summed E-state index contributed by atoms with van der Waals surface area (Å²) in [5, 5.41) is 10.6. The van der Waals surface area contributed by atoms with Gasteiger partial charge in [0.25, 0.3) is 0 Å². The average Bonchev–Trinajstić information content (AvgIpc) is 3.25. The molecular formula is C21H20N4O2. The minimum Gasteiger partial charge on any atom is -0.493 e. The lowest BCUT2D eigenvalue weighted by Crippen LogP contribution is -2.22. The molecule has 1 aliphatic carbocycles. The molecule has 0 bridgehead atoms. The molecule has 6 heteroatoms. The van der Waals surface area contributed by atoms with E-state index in [1.807, 2.05) is 59.3 Å². The van der Waals surface area contributed by atoms with Gasteiger partial charge in [-0.3, -0.25) is 5.32 Å². The molecule has 6 nitrogen and oxygen atoms in total. The van der Waals surface area contributed by atoms with Gasteiger partial charge in [-0.05, 0) is 25.0 Å². The molecule has 0 spiro atoms. The quantitative estimate of drug-likeness (QED) is 0.721. The lowest BCUT2D eigenvalue weighted by Gasteiger charge is -2.11. The normalized spacial score (nSPS) is 15.1. The first-order valence-corrected chi connectivity index (χ1v) is 9.25. The van der Waals surface area contributed by atoms with Crippen molar-refractivity contribution in [1.82, 2.24) is 9.78 Å². The van der Waals surface area contributed by atoms with E-state index in [2.05, 4.69) is 10.6 Å². The molecule has 3 aromatic rings. The van der Waals surface area contributed by atoms with Gasteiger partial charge < -0.3 is 10.1 Å². The molecular weight excluding hydrogens is 340 g/mol. The minimum absolute atomic E-state index is 0.267. The first-order valence-electron chi connectivity index (χ1n) is 9.25. The minimum atomic E-state index is -0.267. The molecule has 1 aromatic heterocycles. The zero-order chi connectivity index (χ0) is 18.2. The molecule has 2 N–H and O–H groups in total. The first kappa shape index (κ1) is 15.9. The molecule has 136 valence electrons. The second-order valence-electron chi connectivity index (χ2n) is 6.92. The molecule has 2 heterocycles. The van der Waals surface area contributed by atoms with Gasteiger partial charge in [0.05, 0.1) is 18.3 Å². The highest BCUT2D eigenvalue weighted by molar-refractivity contribution is 6.00. The summed E-state index contributed by atoms with van der Waals surface area (Å²) >= 11 is 0. The van der Waals surface area contributed by atoms with Gasteiger partial charge in [0.2, 0.25) is 0 Å². The number of carbonyl (C=O) groups is 1. The number of rotatable bonds is 4. The Morgan fingerprint density at radius 2 is 1.93 bits per heavy atom. The van der Waals surface area contributed by atoms with Crippen LogP contribution in [0.25, 0.3) is 11.3 Å². The van der Waals surface area contributed by atoms with Crippen molar-refractivity contribution in [2.45, 2.75) is 25.3 Å². The summed E-state index contributed by atoms with van der Waals surface area (Å²) in [7, 11) is 0. The van der Waals surface area contributed by atoms with Crippen LogP contribution in [0.15, 0.2) is 54.6 Å². The van der Waals surface area contributed by atoms with Crippen LogP contribution in [0.3, 0.4) is 0 Å². The highest BCUT2D eigenvalue weighted by Crippen LogP contribution is 2.38. The van der Waals surface area contributed by atoms with Crippen LogP contribution in [-0.2, 0) is 6.42 Å². The largest absolute Gasteiger partial charge is 0.493 e. The zero-order valence-corrected chi connectivity index (χ0v) is 14.8. The SMILES string of the molecule is O=C(Nc1cccc2c1CCO2)Nc1cc(-c2ccccc2)nn1C1CC1. The third-order valence-corrected chi connectivity index (χ3v) is 4.93. The summed E-state index contributed by atoms with van der Waals surface area (Å²) in [6.45, 7) is 0.657. The van der Waals surface area contributed by atoms with Crippen molar-refractivity contribution in [3.8, 4) is 17.0 Å². The van der Waals surface area contributed by atoms with Crippen LogP contribution in [0.4, 0.5) is 16.3 Å². The number of ether oxygens (including phenoxy) is 1. The van der Waals surface area contributed by atoms with Crippen LogP contribution in [-0.4, -0.2) is 22.4 Å². The van der Waals surface area contributed by atoms with Gasteiger partial charge in [-0.15, -0.1) is 0 Å². The maximum atomic E-state index is 12.6. The van der Waals surface area contributed by atoms with Gasteiger partial charge in [-0.1, -0.05) is 36.4 Å². The maximum Gasteiger partial charge on any atom is 0.324 e. The van der Waals surface area contributed by atoms with Gasteiger partial charge in [-0.2, -0.15) is 5.10 Å². The van der Waals surface area contributed by atoms with Crippen molar-refractivity contribution < 1.29 is 9.53 Å². The van der Waals surface area contributed by atoms with E-state index < -0.39 is 0 Å². The number of aromatic nitrogens is 2. The maximum absolute atomic E-state index is 12.6. The van der Waals surface area contributed by atoms with E-state index in [1.165, 1.54) is 0 Å². The van der Waals surface area contributed by atoms with Crippen molar-refractivity contribution in [1.29, 1.82) is 0 Å². The fourth-order valence-corrected chi connectivity index (χ4v) is 3.44. The van der Waals surface area contributed by atoms with Crippen LogP contribution in [0.2, 0.25) is 0 Å². The van der Waals surface area contributed by atoms with Crippen LogP contribution >= 0.6 is 0 Å². The van der Waals surface area contributed by atoms with Crippen molar-refractivity contribution in [2.75, 3.05) is 17.2 Å². The molecule has 27 heavy (non-hydrogen) atoms. The number of hydrogen-bond donors (Lipinski definition) is 2. The molecule has 1 fully saturated rings. The Kier molecular flexibility index (Phi) is 3.81. The van der Waals surface area contributed by atoms with E-state index in [4.69, 9.17) is 9.84 Å². The summed E-state index contributed by atoms with van der Waals surface area (Å²) in [5.41, 5.74) is 3.75. The first-order chi connectivity index (χ1) is 13.3. The Morgan fingerprint density at radius 3 is 2.74 bits per heavy atom. The molecule has 2 aliphatic rings. The molecule has 0 saturated heterocycles. The number of anilines is 2.